The Morgan fingerprint density at radius 1 is 1.53 bits per heavy atom. The molecule has 5 nitrogen and oxygen atoms in total. The minimum atomic E-state index is -0.0950. The number of ether oxygens (including phenoxy) is 2. The fourth-order valence-electron chi connectivity index (χ4n) is 2.03. The van der Waals surface area contributed by atoms with Crippen molar-refractivity contribution < 1.29 is 14.3 Å². The van der Waals surface area contributed by atoms with Crippen molar-refractivity contribution in [1.82, 2.24) is 10.6 Å². The summed E-state index contributed by atoms with van der Waals surface area (Å²) in [6.07, 6.45) is 2.24. The second-order valence-electron chi connectivity index (χ2n) is 4.88. The maximum Gasteiger partial charge on any atom is 0.246 e. The fraction of sp³-hybridized carbons (Fsp3) is 0.917. The quantitative estimate of drug-likeness (QED) is 0.676. The number of hydrogen-bond donors (Lipinski definition) is 2. The molecule has 1 atom stereocenters. The zero-order valence-corrected chi connectivity index (χ0v) is 11.0. The number of carbonyl (C=O) groups excluding carboxylic acids is 1. The highest BCUT2D eigenvalue weighted by Gasteiger charge is 2.33. The van der Waals surface area contributed by atoms with Crippen molar-refractivity contribution in [1.29, 1.82) is 0 Å². The maximum absolute atomic E-state index is 11.5. The third kappa shape index (κ3) is 5.02. The molecule has 5 heteroatoms. The lowest BCUT2D eigenvalue weighted by molar-refractivity contribution is -0.127. The van der Waals surface area contributed by atoms with Crippen LogP contribution in [0.2, 0.25) is 0 Å². The monoisotopic (exact) mass is 244 g/mol. The van der Waals surface area contributed by atoms with Crippen molar-refractivity contribution >= 4 is 5.91 Å². The molecule has 2 N–H and O–H groups in total. The van der Waals surface area contributed by atoms with Crippen molar-refractivity contribution in [2.45, 2.75) is 38.3 Å². The molecule has 17 heavy (non-hydrogen) atoms. The van der Waals surface area contributed by atoms with Crippen LogP contribution in [0.4, 0.5) is 0 Å². The molecule has 1 aliphatic rings. The van der Waals surface area contributed by atoms with E-state index in [9.17, 15) is 4.79 Å². The second-order valence-corrected chi connectivity index (χ2v) is 4.88. The normalized spacial score (nSPS) is 24.2. The highest BCUT2D eigenvalue weighted by molar-refractivity contribution is 5.77. The van der Waals surface area contributed by atoms with E-state index in [1.54, 1.807) is 7.11 Å². The van der Waals surface area contributed by atoms with Crippen molar-refractivity contribution in [3.63, 3.8) is 0 Å². The summed E-state index contributed by atoms with van der Waals surface area (Å²) in [5.74, 6) is -0.0668. The van der Waals surface area contributed by atoms with Gasteiger partial charge in [0, 0.05) is 13.7 Å². The highest BCUT2D eigenvalue weighted by Crippen LogP contribution is 2.18. The van der Waals surface area contributed by atoms with Gasteiger partial charge in [0.25, 0.3) is 0 Å². The summed E-state index contributed by atoms with van der Waals surface area (Å²) in [7, 11) is 1.69. The Bertz CT molecular complexity index is 238. The van der Waals surface area contributed by atoms with E-state index in [2.05, 4.69) is 10.6 Å². The largest absolute Gasteiger partial charge is 0.383 e. The van der Waals surface area contributed by atoms with Crippen LogP contribution in [0.3, 0.4) is 0 Å². The van der Waals surface area contributed by atoms with Crippen LogP contribution < -0.4 is 10.6 Å². The minimum absolute atomic E-state index is 0.0668. The van der Waals surface area contributed by atoms with Gasteiger partial charge in [-0.3, -0.25) is 4.79 Å². The van der Waals surface area contributed by atoms with E-state index in [-0.39, 0.29) is 24.2 Å². The lowest BCUT2D eigenvalue weighted by Crippen LogP contribution is -2.53. The molecule has 0 spiro atoms. The molecule has 1 heterocycles. The standard InChI is InChI=1S/C12H24N2O3/c1-10(2)17-7-11(15)13-8-12(9-16-3)5-4-6-14-12/h10,14H,4-9H2,1-3H3,(H,13,15). The summed E-state index contributed by atoms with van der Waals surface area (Å²) in [5, 5.41) is 6.31. The van der Waals surface area contributed by atoms with E-state index in [4.69, 9.17) is 9.47 Å². The Morgan fingerprint density at radius 3 is 2.82 bits per heavy atom. The Labute approximate surface area is 103 Å². The van der Waals surface area contributed by atoms with Gasteiger partial charge in [0.05, 0.1) is 18.2 Å². The third-order valence-electron chi connectivity index (χ3n) is 2.92. The summed E-state index contributed by atoms with van der Waals surface area (Å²) in [6, 6.07) is 0. The van der Waals surface area contributed by atoms with Gasteiger partial charge in [-0.2, -0.15) is 0 Å². The van der Waals surface area contributed by atoms with Crippen molar-refractivity contribution in [2.24, 2.45) is 0 Å². The Kier molecular flexibility index (Phi) is 5.88. The van der Waals surface area contributed by atoms with Gasteiger partial charge in [-0.1, -0.05) is 0 Å². The molecule has 1 unspecified atom stereocenters. The Balaban J connectivity index is 2.29. The van der Waals surface area contributed by atoms with Gasteiger partial charge >= 0.3 is 0 Å². The topological polar surface area (TPSA) is 59.6 Å². The molecule has 1 fully saturated rings. The number of carbonyl (C=O) groups is 1. The average Bonchev–Trinajstić information content (AvgIpc) is 2.73. The average molecular weight is 244 g/mol. The van der Waals surface area contributed by atoms with Gasteiger partial charge in [0.15, 0.2) is 0 Å². The first-order valence-electron chi connectivity index (χ1n) is 6.20. The summed E-state index contributed by atoms with van der Waals surface area (Å²) in [6.45, 7) is 6.17. The van der Waals surface area contributed by atoms with Crippen molar-refractivity contribution in [3.05, 3.63) is 0 Å². The molecule has 0 aromatic rings. The van der Waals surface area contributed by atoms with Crippen LogP contribution in [0.1, 0.15) is 26.7 Å². The van der Waals surface area contributed by atoms with Crippen LogP contribution in [0.5, 0.6) is 0 Å². The van der Waals surface area contributed by atoms with Crippen LogP contribution >= 0.6 is 0 Å². The number of rotatable bonds is 7. The molecule has 0 radical (unpaired) electrons. The van der Waals surface area contributed by atoms with Crippen molar-refractivity contribution in [2.75, 3.05) is 33.4 Å². The number of methoxy groups -OCH3 is 1. The molecule has 1 amide bonds. The van der Waals surface area contributed by atoms with E-state index < -0.39 is 0 Å². The predicted octanol–water partition coefficient (Wildman–Crippen LogP) is 0.296. The molecular weight excluding hydrogens is 220 g/mol. The van der Waals surface area contributed by atoms with Crippen LogP contribution in [-0.2, 0) is 14.3 Å². The SMILES string of the molecule is COCC1(CNC(=O)COC(C)C)CCCN1. The van der Waals surface area contributed by atoms with Crippen LogP contribution in [0.25, 0.3) is 0 Å². The zero-order chi connectivity index (χ0) is 12.7. The van der Waals surface area contributed by atoms with Gasteiger partial charge in [-0.25, -0.2) is 0 Å². The second kappa shape index (κ2) is 6.93. The lowest BCUT2D eigenvalue weighted by Gasteiger charge is -2.29. The third-order valence-corrected chi connectivity index (χ3v) is 2.92. The first-order valence-corrected chi connectivity index (χ1v) is 6.20. The van der Waals surface area contributed by atoms with E-state index in [0.717, 1.165) is 19.4 Å². The molecule has 0 bridgehead atoms. The molecule has 0 saturated carbocycles. The molecule has 1 aliphatic heterocycles. The number of hydrogen-bond acceptors (Lipinski definition) is 4. The molecule has 1 rings (SSSR count). The molecule has 0 aliphatic carbocycles. The number of nitrogens with one attached hydrogen (secondary N) is 2. The van der Waals surface area contributed by atoms with Gasteiger partial charge in [0.1, 0.15) is 6.61 Å². The molecule has 100 valence electrons. The highest BCUT2D eigenvalue weighted by atomic mass is 16.5. The Hall–Kier alpha value is -0.650. The van der Waals surface area contributed by atoms with Crippen LogP contribution in [-0.4, -0.2) is 51.0 Å². The Morgan fingerprint density at radius 2 is 2.29 bits per heavy atom. The maximum atomic E-state index is 11.5. The van der Waals surface area contributed by atoms with Gasteiger partial charge in [0.2, 0.25) is 5.91 Å². The van der Waals surface area contributed by atoms with Gasteiger partial charge in [-0.15, -0.1) is 0 Å². The molecule has 0 aromatic carbocycles. The van der Waals surface area contributed by atoms with Crippen LogP contribution in [0, 0.1) is 0 Å². The number of amides is 1. The first kappa shape index (κ1) is 14.4. The van der Waals surface area contributed by atoms with Crippen molar-refractivity contribution in [3.8, 4) is 0 Å². The summed E-state index contributed by atoms with van der Waals surface area (Å²) < 4.78 is 10.5. The van der Waals surface area contributed by atoms with E-state index in [1.807, 2.05) is 13.8 Å². The van der Waals surface area contributed by atoms with E-state index in [1.165, 1.54) is 0 Å². The summed E-state index contributed by atoms with van der Waals surface area (Å²) in [5.41, 5.74) is -0.0950. The zero-order valence-electron chi connectivity index (χ0n) is 11.0. The predicted molar refractivity (Wildman–Crippen MR) is 65.9 cm³/mol. The summed E-state index contributed by atoms with van der Waals surface area (Å²) in [4.78, 5) is 11.5. The van der Waals surface area contributed by atoms with E-state index in [0.29, 0.717) is 13.2 Å². The smallest absolute Gasteiger partial charge is 0.246 e. The first-order chi connectivity index (χ1) is 8.08. The van der Waals surface area contributed by atoms with Crippen LogP contribution in [0.15, 0.2) is 0 Å². The fourth-order valence-corrected chi connectivity index (χ4v) is 2.03. The molecule has 0 aromatic heterocycles. The molecule has 1 saturated heterocycles. The molecular formula is C12H24N2O3. The van der Waals surface area contributed by atoms with Gasteiger partial charge in [-0.05, 0) is 33.2 Å². The van der Waals surface area contributed by atoms with E-state index >= 15 is 0 Å². The van der Waals surface area contributed by atoms with Gasteiger partial charge < -0.3 is 20.1 Å². The summed E-state index contributed by atoms with van der Waals surface area (Å²) >= 11 is 0. The lowest BCUT2D eigenvalue weighted by atomic mass is 9.99. The minimum Gasteiger partial charge on any atom is -0.383 e.